The molecule has 0 amide bonds. The van der Waals surface area contributed by atoms with Crippen LogP contribution in [0.15, 0.2) is 0 Å². The first kappa shape index (κ1) is 12.6. The van der Waals surface area contributed by atoms with Crippen LogP contribution >= 0.6 is 0 Å². The number of rotatable bonds is 2. The molecular formula is C8H8F6O. The second kappa shape index (κ2) is 3.54. The number of hydrogen-bond donors (Lipinski definition) is 0. The van der Waals surface area contributed by atoms with E-state index in [4.69, 9.17) is 0 Å². The summed E-state index contributed by atoms with van der Waals surface area (Å²) in [7, 11) is 0. The lowest BCUT2D eigenvalue weighted by Crippen LogP contribution is -2.49. The molecule has 0 bridgehead atoms. The van der Waals surface area contributed by atoms with Crippen molar-refractivity contribution in [1.29, 1.82) is 0 Å². The maximum atomic E-state index is 13.5. The van der Waals surface area contributed by atoms with Crippen LogP contribution in [0.1, 0.15) is 12.8 Å². The Balaban J connectivity index is 2.94. The maximum Gasteiger partial charge on any atom is 0.525 e. The van der Waals surface area contributed by atoms with Crippen molar-refractivity contribution in [3.8, 4) is 0 Å². The van der Waals surface area contributed by atoms with Crippen molar-refractivity contribution in [3.63, 3.8) is 0 Å². The Morgan fingerprint density at radius 3 is 2.27 bits per heavy atom. The van der Waals surface area contributed by atoms with Gasteiger partial charge in [0.2, 0.25) is 0 Å². The van der Waals surface area contributed by atoms with Crippen LogP contribution in [0.5, 0.6) is 0 Å². The maximum absolute atomic E-state index is 13.5. The highest BCUT2D eigenvalue weighted by Gasteiger charge is 2.68. The fraction of sp³-hybridized carbons (Fsp3) is 0.750. The van der Waals surface area contributed by atoms with Gasteiger partial charge in [-0.15, -0.1) is 13.2 Å². The third kappa shape index (κ3) is 2.21. The van der Waals surface area contributed by atoms with E-state index in [0.717, 1.165) is 0 Å². The fourth-order valence-corrected chi connectivity index (χ4v) is 1.48. The van der Waals surface area contributed by atoms with Gasteiger partial charge in [0.1, 0.15) is 0 Å². The first-order valence-corrected chi connectivity index (χ1v) is 4.09. The first-order valence-electron chi connectivity index (χ1n) is 4.09. The van der Waals surface area contributed by atoms with Crippen molar-refractivity contribution < 1.29 is 31.1 Å². The van der Waals surface area contributed by atoms with Crippen LogP contribution in [0.3, 0.4) is 0 Å². The molecule has 15 heavy (non-hydrogen) atoms. The van der Waals surface area contributed by atoms with Crippen LogP contribution in [-0.4, -0.2) is 18.1 Å². The van der Waals surface area contributed by atoms with E-state index in [2.05, 4.69) is 11.7 Å². The van der Waals surface area contributed by atoms with Gasteiger partial charge in [0.25, 0.3) is 5.85 Å². The molecule has 1 nitrogen and oxygen atoms in total. The summed E-state index contributed by atoms with van der Waals surface area (Å²) in [4.78, 5) is 0. The SMILES string of the molecule is [CH2]CC1C[CH]C(F)(F)C1(F)OC(F)(F)F. The lowest BCUT2D eigenvalue weighted by Gasteiger charge is -2.31. The molecule has 0 N–H and O–H groups in total. The summed E-state index contributed by atoms with van der Waals surface area (Å²) in [5.74, 6) is -9.87. The minimum absolute atomic E-state index is 0.189. The highest BCUT2D eigenvalue weighted by Crippen LogP contribution is 2.53. The summed E-state index contributed by atoms with van der Waals surface area (Å²) < 4.78 is 77.5. The highest BCUT2D eigenvalue weighted by atomic mass is 19.4. The molecule has 0 saturated heterocycles. The molecule has 2 unspecified atom stereocenters. The molecule has 1 fully saturated rings. The first-order chi connectivity index (χ1) is 6.62. The molecule has 88 valence electrons. The second-order valence-electron chi connectivity index (χ2n) is 3.24. The third-order valence-electron chi connectivity index (χ3n) is 2.25. The van der Waals surface area contributed by atoms with Gasteiger partial charge in [-0.2, -0.15) is 8.78 Å². The van der Waals surface area contributed by atoms with E-state index in [0.29, 0.717) is 0 Å². The number of alkyl halides is 6. The molecule has 1 rings (SSSR count). The van der Waals surface area contributed by atoms with E-state index in [1.54, 1.807) is 0 Å². The van der Waals surface area contributed by atoms with Gasteiger partial charge >= 0.3 is 12.3 Å². The Labute approximate surface area is 82.4 Å². The summed E-state index contributed by atoms with van der Waals surface area (Å²) in [5.41, 5.74) is 0. The second-order valence-corrected chi connectivity index (χ2v) is 3.24. The predicted octanol–water partition coefficient (Wildman–Crippen LogP) is 3.27. The van der Waals surface area contributed by atoms with E-state index < -0.39 is 36.9 Å². The average molecular weight is 234 g/mol. The Hall–Kier alpha value is -0.460. The lowest BCUT2D eigenvalue weighted by molar-refractivity contribution is -0.428. The zero-order valence-electron chi connectivity index (χ0n) is 7.45. The zero-order valence-corrected chi connectivity index (χ0v) is 7.45. The standard InChI is InChI=1S/C8H8F6O/c1-2-5-3-4-6(9,10)7(5,11)15-8(12,13)14/h4-5H,1-3H2. The van der Waals surface area contributed by atoms with Gasteiger partial charge in [0, 0.05) is 12.3 Å². The number of halogens is 6. The Morgan fingerprint density at radius 2 is 1.87 bits per heavy atom. The highest BCUT2D eigenvalue weighted by molar-refractivity contribution is 5.09. The number of ether oxygens (including phenoxy) is 1. The number of hydrogen-bond acceptors (Lipinski definition) is 1. The van der Waals surface area contributed by atoms with E-state index in [-0.39, 0.29) is 6.42 Å². The van der Waals surface area contributed by atoms with Crippen molar-refractivity contribution in [2.45, 2.75) is 31.0 Å². The molecule has 0 aromatic rings. The molecule has 0 aliphatic heterocycles. The van der Waals surface area contributed by atoms with Crippen LogP contribution in [-0.2, 0) is 4.74 Å². The minimum atomic E-state index is -5.44. The molecule has 7 heteroatoms. The van der Waals surface area contributed by atoms with Crippen molar-refractivity contribution in [2.24, 2.45) is 5.92 Å². The summed E-state index contributed by atoms with van der Waals surface area (Å²) >= 11 is 0. The molecule has 0 aromatic carbocycles. The molecule has 1 saturated carbocycles. The van der Waals surface area contributed by atoms with Crippen LogP contribution in [0.4, 0.5) is 26.3 Å². The molecule has 1 aliphatic carbocycles. The van der Waals surface area contributed by atoms with Gasteiger partial charge in [0.15, 0.2) is 0 Å². The summed E-state index contributed by atoms with van der Waals surface area (Å²) in [6.45, 7) is 3.12. The van der Waals surface area contributed by atoms with E-state index >= 15 is 0 Å². The summed E-state index contributed by atoms with van der Waals surface area (Å²) in [6.07, 6.45) is -6.15. The van der Waals surface area contributed by atoms with Gasteiger partial charge in [-0.1, -0.05) is 6.92 Å². The molecule has 2 atom stereocenters. The third-order valence-corrected chi connectivity index (χ3v) is 2.25. The monoisotopic (exact) mass is 234 g/mol. The predicted molar refractivity (Wildman–Crippen MR) is 38.3 cm³/mol. The minimum Gasteiger partial charge on any atom is -0.247 e. The van der Waals surface area contributed by atoms with Gasteiger partial charge in [-0.05, 0) is 12.8 Å². The molecule has 0 aromatic heterocycles. The Morgan fingerprint density at radius 1 is 1.33 bits per heavy atom. The zero-order chi connectivity index (χ0) is 11.9. The van der Waals surface area contributed by atoms with Crippen LogP contribution < -0.4 is 0 Å². The van der Waals surface area contributed by atoms with E-state index in [1.165, 1.54) is 0 Å². The smallest absolute Gasteiger partial charge is 0.247 e. The van der Waals surface area contributed by atoms with Crippen molar-refractivity contribution in [1.82, 2.24) is 0 Å². The topological polar surface area (TPSA) is 9.23 Å². The molecule has 0 spiro atoms. The molecular weight excluding hydrogens is 226 g/mol. The quantitative estimate of drug-likeness (QED) is 0.666. The fourth-order valence-electron chi connectivity index (χ4n) is 1.48. The molecule has 0 heterocycles. The molecule has 1 aliphatic rings. The normalized spacial score (nSPS) is 35.8. The van der Waals surface area contributed by atoms with Crippen molar-refractivity contribution in [3.05, 3.63) is 13.3 Å². The van der Waals surface area contributed by atoms with E-state index in [9.17, 15) is 26.3 Å². The van der Waals surface area contributed by atoms with Crippen molar-refractivity contribution in [2.75, 3.05) is 0 Å². The largest absolute Gasteiger partial charge is 0.525 e. The molecule has 2 radical (unpaired) electrons. The van der Waals surface area contributed by atoms with Crippen LogP contribution in [0, 0.1) is 19.3 Å². The van der Waals surface area contributed by atoms with Gasteiger partial charge in [-0.3, -0.25) is 0 Å². The van der Waals surface area contributed by atoms with Gasteiger partial charge in [-0.25, -0.2) is 9.13 Å². The summed E-state index contributed by atoms with van der Waals surface area (Å²) in [6, 6.07) is 0. The van der Waals surface area contributed by atoms with E-state index in [1.807, 2.05) is 0 Å². The Bertz CT molecular complexity index is 238. The van der Waals surface area contributed by atoms with Gasteiger partial charge in [0.05, 0.1) is 0 Å². The lowest BCUT2D eigenvalue weighted by atomic mass is 10.00. The van der Waals surface area contributed by atoms with Crippen molar-refractivity contribution >= 4 is 0 Å². The Kier molecular flexibility index (Phi) is 2.97. The van der Waals surface area contributed by atoms with Crippen LogP contribution in [0.2, 0.25) is 0 Å². The van der Waals surface area contributed by atoms with Crippen LogP contribution in [0.25, 0.3) is 0 Å². The summed E-state index contributed by atoms with van der Waals surface area (Å²) in [5, 5.41) is 0. The van der Waals surface area contributed by atoms with Gasteiger partial charge < -0.3 is 0 Å². The average Bonchev–Trinajstić information content (AvgIpc) is 2.20.